The maximum absolute atomic E-state index is 11.4. The SMILES string of the molecule is CCOC[N+](C)(C)CC.O=S(=O)([N-]S(=O)(=O)C(F)(F)F)C(F)(F)F. The predicted molar refractivity (Wildman–Crippen MR) is 72.5 cm³/mol. The van der Waals surface area contributed by atoms with Crippen molar-refractivity contribution < 1.29 is 52.4 Å². The number of sulfonamides is 2. The van der Waals surface area contributed by atoms with Crippen molar-refractivity contribution in [1.29, 1.82) is 0 Å². The minimum atomic E-state index is -6.72. The van der Waals surface area contributed by atoms with Gasteiger partial charge in [-0.1, -0.05) is 0 Å². The van der Waals surface area contributed by atoms with Crippen molar-refractivity contribution in [3.63, 3.8) is 0 Å². The van der Waals surface area contributed by atoms with Crippen LogP contribution < -0.4 is 0 Å². The first-order valence-electron chi connectivity index (χ1n) is 6.09. The van der Waals surface area contributed by atoms with Crippen LogP contribution in [0.15, 0.2) is 0 Å². The first kappa shape index (κ1) is 25.6. The lowest BCUT2D eigenvalue weighted by Gasteiger charge is -2.26. The monoisotopic (exact) mass is 412 g/mol. The van der Waals surface area contributed by atoms with E-state index in [1.165, 1.54) is 0 Å². The van der Waals surface area contributed by atoms with E-state index in [2.05, 4.69) is 21.0 Å². The average molecular weight is 412 g/mol. The van der Waals surface area contributed by atoms with Crippen LogP contribution >= 0.6 is 0 Å². The Morgan fingerprint density at radius 1 is 0.875 bits per heavy atom. The molecule has 0 N–H and O–H groups in total. The molecule has 0 aromatic heterocycles. The van der Waals surface area contributed by atoms with Crippen molar-refractivity contribution in [2.75, 3.05) is 34.0 Å². The van der Waals surface area contributed by atoms with Crippen LogP contribution in [-0.4, -0.2) is 66.3 Å². The van der Waals surface area contributed by atoms with Gasteiger partial charge in [-0.15, -0.1) is 0 Å². The van der Waals surface area contributed by atoms with Gasteiger partial charge < -0.3 is 13.3 Å². The molecule has 0 aromatic carbocycles. The topological polar surface area (TPSA) is 91.6 Å². The highest BCUT2D eigenvalue weighted by Crippen LogP contribution is 2.36. The van der Waals surface area contributed by atoms with E-state index < -0.39 is 31.1 Å². The van der Waals surface area contributed by atoms with E-state index in [9.17, 15) is 43.2 Å². The summed E-state index contributed by atoms with van der Waals surface area (Å²) in [5.41, 5.74) is -12.4. The first-order chi connectivity index (χ1) is 10.3. The molecule has 0 aliphatic heterocycles. The van der Waals surface area contributed by atoms with Crippen LogP contribution in [0, 0.1) is 0 Å². The van der Waals surface area contributed by atoms with Crippen LogP contribution in [0.3, 0.4) is 0 Å². The van der Waals surface area contributed by atoms with Crippen molar-refractivity contribution >= 4 is 20.0 Å². The molecule has 0 amide bonds. The van der Waals surface area contributed by atoms with E-state index in [0.29, 0.717) is 0 Å². The van der Waals surface area contributed by atoms with Crippen LogP contribution in [-0.2, 0) is 24.8 Å². The van der Waals surface area contributed by atoms with Crippen LogP contribution in [0.2, 0.25) is 0 Å². The van der Waals surface area contributed by atoms with Gasteiger partial charge in [0.15, 0.2) is 26.8 Å². The first-order valence-corrected chi connectivity index (χ1v) is 8.97. The summed E-state index contributed by atoms with van der Waals surface area (Å²) in [4.78, 5) is 0. The van der Waals surface area contributed by atoms with Crippen LogP contribution in [0.1, 0.15) is 13.8 Å². The van der Waals surface area contributed by atoms with Gasteiger partial charge in [0.1, 0.15) is 0 Å². The van der Waals surface area contributed by atoms with E-state index in [-0.39, 0.29) is 0 Å². The lowest BCUT2D eigenvalue weighted by atomic mass is 10.5. The quantitative estimate of drug-likeness (QED) is 0.379. The van der Waals surface area contributed by atoms with E-state index >= 15 is 0 Å². The zero-order chi connectivity index (χ0) is 20.0. The smallest absolute Gasteiger partial charge is 0.421 e. The molecule has 0 aliphatic rings. The maximum Gasteiger partial charge on any atom is 0.480 e. The molecule has 24 heavy (non-hydrogen) atoms. The fraction of sp³-hybridized carbons (Fsp3) is 1.00. The second-order valence-corrected chi connectivity index (χ2v) is 8.21. The number of hydrogen-bond donors (Lipinski definition) is 0. The predicted octanol–water partition coefficient (Wildman–Crippen LogP) is 2.14. The standard InChI is InChI=1S/C7H18NO.C2F6NO4S2/c1-5-8(3,4)7-9-6-2;3-1(4,5)14(10,11)9-15(12,13)2(6,7)8/h5-7H2,1-4H3;/q+1;-1. The molecule has 15 heteroatoms. The highest BCUT2D eigenvalue weighted by atomic mass is 32.3. The normalized spacial score (nSPS) is 14.1. The molecule has 0 heterocycles. The zero-order valence-electron chi connectivity index (χ0n) is 13.1. The number of nitrogens with zero attached hydrogens (tertiary/aromatic N) is 2. The summed E-state index contributed by atoms with van der Waals surface area (Å²) in [7, 11) is -9.12. The molecule has 0 aromatic rings. The summed E-state index contributed by atoms with van der Waals surface area (Å²) in [6.45, 7) is 6.96. The Hall–Kier alpha value is -0.640. The van der Waals surface area contributed by atoms with Gasteiger partial charge in [0.25, 0.3) is 0 Å². The second-order valence-electron chi connectivity index (χ2n) is 4.79. The van der Waals surface area contributed by atoms with Crippen LogP contribution in [0.25, 0.3) is 4.13 Å². The number of hydrogen-bond acceptors (Lipinski definition) is 5. The maximum atomic E-state index is 11.4. The Morgan fingerprint density at radius 3 is 1.42 bits per heavy atom. The number of quaternary nitrogens is 1. The molecule has 0 atom stereocenters. The zero-order valence-corrected chi connectivity index (χ0v) is 14.8. The molecule has 0 aliphatic carbocycles. The van der Waals surface area contributed by atoms with Crippen molar-refractivity contribution in [2.45, 2.75) is 24.9 Å². The van der Waals surface area contributed by atoms with E-state index in [1.807, 2.05) is 6.92 Å². The van der Waals surface area contributed by atoms with Gasteiger partial charge in [0.2, 0.25) is 0 Å². The van der Waals surface area contributed by atoms with Gasteiger partial charge in [-0.2, -0.15) is 26.3 Å². The molecule has 148 valence electrons. The third kappa shape index (κ3) is 9.00. The highest BCUT2D eigenvalue weighted by Gasteiger charge is 2.46. The van der Waals surface area contributed by atoms with Crippen molar-refractivity contribution in [2.24, 2.45) is 0 Å². The Bertz CT molecular complexity index is 541. The van der Waals surface area contributed by atoms with Gasteiger partial charge >= 0.3 is 11.0 Å². The molecule has 0 unspecified atom stereocenters. The Balaban J connectivity index is 0. The summed E-state index contributed by atoms with van der Waals surface area (Å²) in [5.74, 6) is 0. The largest absolute Gasteiger partial charge is 0.480 e. The molecule has 0 saturated carbocycles. The molecule has 0 rings (SSSR count). The Labute approximate surface area is 136 Å². The minimum Gasteiger partial charge on any atom is -0.421 e. The molecule has 7 nitrogen and oxygen atoms in total. The fourth-order valence-electron chi connectivity index (χ4n) is 0.643. The average Bonchev–Trinajstić information content (AvgIpc) is 2.33. The van der Waals surface area contributed by atoms with Gasteiger partial charge in [-0.05, 0) is 13.8 Å². The molecular weight excluding hydrogens is 394 g/mol. The minimum absolute atomic E-state index is 0.778. The lowest BCUT2D eigenvalue weighted by molar-refractivity contribution is -0.907. The van der Waals surface area contributed by atoms with E-state index in [1.54, 1.807) is 0 Å². The summed E-state index contributed by atoms with van der Waals surface area (Å²) < 4.78 is 115. The third-order valence-electron chi connectivity index (χ3n) is 2.28. The Morgan fingerprint density at radius 2 is 1.21 bits per heavy atom. The van der Waals surface area contributed by atoms with Gasteiger partial charge in [0, 0.05) is 6.61 Å². The van der Waals surface area contributed by atoms with Gasteiger partial charge in [0.05, 0.1) is 20.6 Å². The lowest BCUT2D eigenvalue weighted by Crippen LogP contribution is -2.41. The fourth-order valence-corrected chi connectivity index (χ4v) is 2.35. The van der Waals surface area contributed by atoms with Gasteiger partial charge in [-0.25, -0.2) is 16.8 Å². The molecule has 0 radical (unpaired) electrons. The molecular formula is C9H18F6N2O5S2. The second kappa shape index (κ2) is 8.64. The van der Waals surface area contributed by atoms with Crippen molar-refractivity contribution in [3.8, 4) is 0 Å². The van der Waals surface area contributed by atoms with Gasteiger partial charge in [-0.3, -0.25) is 0 Å². The molecule has 0 spiro atoms. The molecule has 0 saturated heterocycles. The number of rotatable bonds is 6. The number of halogens is 6. The third-order valence-corrected chi connectivity index (χ3v) is 5.02. The number of alkyl halides is 6. The molecule has 0 fully saturated rings. The summed E-state index contributed by atoms with van der Waals surface area (Å²) in [5, 5.41) is 0. The summed E-state index contributed by atoms with van der Waals surface area (Å²) in [6, 6.07) is 0. The summed E-state index contributed by atoms with van der Waals surface area (Å²) >= 11 is 0. The highest BCUT2D eigenvalue weighted by molar-refractivity contribution is 8.13. The number of ether oxygens (including phenoxy) is 1. The van der Waals surface area contributed by atoms with E-state index in [4.69, 9.17) is 4.74 Å². The van der Waals surface area contributed by atoms with Crippen LogP contribution in [0.4, 0.5) is 26.3 Å². The summed E-state index contributed by atoms with van der Waals surface area (Å²) in [6.07, 6.45) is 0. The Kier molecular flexibility index (Phi) is 9.22. The van der Waals surface area contributed by atoms with Crippen LogP contribution in [0.5, 0.6) is 0 Å². The molecule has 0 bridgehead atoms. The van der Waals surface area contributed by atoms with Crippen molar-refractivity contribution in [1.82, 2.24) is 0 Å². The van der Waals surface area contributed by atoms with Crippen molar-refractivity contribution in [3.05, 3.63) is 4.13 Å². The van der Waals surface area contributed by atoms with E-state index in [0.717, 1.165) is 28.5 Å².